The molecule has 1 aliphatic rings. The number of ether oxygens (including phenoxy) is 1. The molecule has 7 heteroatoms. The van der Waals surface area contributed by atoms with Gasteiger partial charge in [0.15, 0.2) is 17.2 Å². The Bertz CT molecular complexity index is 997. The van der Waals surface area contributed by atoms with Gasteiger partial charge in [0.05, 0.1) is 18.2 Å². The molecule has 0 saturated heterocycles. The van der Waals surface area contributed by atoms with Crippen LogP contribution in [-0.4, -0.2) is 27.7 Å². The number of fused-ring (bicyclic) bond motifs is 1. The highest BCUT2D eigenvalue weighted by atomic mass is 19.1. The standard InChI is InChI=1S/C20H21FN4O2/c1-11(14-5-6-18(17(21)8-14)27-10-13-3-4-13)23-20(26)15-7-16-12(2)24-25-19(16)22-9-15/h5-9,11,13H,3-4,10H2,1-2H3,(H,23,26)(H,22,24,25). The number of hydrogen-bond donors (Lipinski definition) is 2. The maximum absolute atomic E-state index is 14.3. The van der Waals surface area contributed by atoms with E-state index in [1.54, 1.807) is 18.2 Å². The quantitative estimate of drug-likeness (QED) is 0.695. The van der Waals surface area contributed by atoms with Gasteiger partial charge in [-0.2, -0.15) is 5.10 Å². The predicted octanol–water partition coefficient (Wildman–Crippen LogP) is 3.69. The van der Waals surface area contributed by atoms with Crippen LogP contribution in [0.5, 0.6) is 5.75 Å². The summed E-state index contributed by atoms with van der Waals surface area (Å²) in [5.74, 6) is 0.139. The number of benzene rings is 1. The van der Waals surface area contributed by atoms with E-state index in [0.717, 1.165) is 23.9 Å². The normalized spacial score (nSPS) is 14.9. The lowest BCUT2D eigenvalue weighted by Crippen LogP contribution is -2.26. The number of hydrogen-bond acceptors (Lipinski definition) is 4. The molecule has 2 aromatic heterocycles. The fourth-order valence-electron chi connectivity index (χ4n) is 2.90. The van der Waals surface area contributed by atoms with Crippen molar-refractivity contribution in [3.05, 3.63) is 53.1 Å². The molecular formula is C20H21FN4O2. The molecule has 0 aliphatic heterocycles. The van der Waals surface area contributed by atoms with E-state index < -0.39 is 5.82 Å². The Labute approximate surface area is 156 Å². The first-order chi connectivity index (χ1) is 13.0. The maximum atomic E-state index is 14.3. The summed E-state index contributed by atoms with van der Waals surface area (Å²) in [7, 11) is 0. The van der Waals surface area contributed by atoms with Gasteiger partial charge in [-0.15, -0.1) is 0 Å². The zero-order chi connectivity index (χ0) is 19.0. The van der Waals surface area contributed by atoms with Crippen molar-refractivity contribution >= 4 is 16.9 Å². The molecule has 6 nitrogen and oxygen atoms in total. The van der Waals surface area contributed by atoms with Crippen LogP contribution in [0.3, 0.4) is 0 Å². The second-order valence-corrected chi connectivity index (χ2v) is 7.08. The minimum atomic E-state index is -0.411. The molecule has 1 fully saturated rings. The monoisotopic (exact) mass is 368 g/mol. The number of carbonyl (C=O) groups is 1. The minimum absolute atomic E-state index is 0.259. The number of pyridine rings is 1. The summed E-state index contributed by atoms with van der Waals surface area (Å²) in [6.07, 6.45) is 3.80. The van der Waals surface area contributed by atoms with E-state index in [0.29, 0.717) is 29.3 Å². The lowest BCUT2D eigenvalue weighted by atomic mass is 10.1. The number of aryl methyl sites for hydroxylation is 1. The molecule has 1 amide bonds. The van der Waals surface area contributed by atoms with Crippen molar-refractivity contribution in [2.75, 3.05) is 6.61 Å². The average molecular weight is 368 g/mol. The van der Waals surface area contributed by atoms with Gasteiger partial charge in [0.2, 0.25) is 0 Å². The number of halogens is 1. The highest BCUT2D eigenvalue weighted by Crippen LogP contribution is 2.30. The van der Waals surface area contributed by atoms with Crippen molar-refractivity contribution in [1.82, 2.24) is 20.5 Å². The number of H-pyrrole nitrogens is 1. The zero-order valence-corrected chi connectivity index (χ0v) is 15.3. The first-order valence-electron chi connectivity index (χ1n) is 9.05. The maximum Gasteiger partial charge on any atom is 0.253 e. The number of amides is 1. The van der Waals surface area contributed by atoms with Crippen LogP contribution in [0.15, 0.2) is 30.5 Å². The largest absolute Gasteiger partial charge is 0.490 e. The summed E-state index contributed by atoms with van der Waals surface area (Å²) in [6, 6.07) is 6.20. The van der Waals surface area contributed by atoms with Crippen LogP contribution in [0.1, 0.15) is 47.4 Å². The molecule has 1 unspecified atom stereocenters. The van der Waals surface area contributed by atoms with Gasteiger partial charge in [-0.05, 0) is 56.4 Å². The highest BCUT2D eigenvalue weighted by Gasteiger charge is 2.22. The second kappa shape index (κ2) is 6.98. The number of nitrogens with one attached hydrogen (secondary N) is 2. The van der Waals surface area contributed by atoms with Crippen molar-refractivity contribution in [1.29, 1.82) is 0 Å². The Hall–Kier alpha value is -2.96. The van der Waals surface area contributed by atoms with Crippen molar-refractivity contribution in [2.45, 2.75) is 32.7 Å². The van der Waals surface area contributed by atoms with Crippen molar-refractivity contribution in [3.63, 3.8) is 0 Å². The van der Waals surface area contributed by atoms with E-state index in [2.05, 4.69) is 20.5 Å². The molecule has 27 heavy (non-hydrogen) atoms. The molecule has 1 atom stereocenters. The summed E-state index contributed by atoms with van der Waals surface area (Å²) >= 11 is 0. The minimum Gasteiger partial charge on any atom is -0.490 e. The van der Waals surface area contributed by atoms with Crippen LogP contribution in [-0.2, 0) is 0 Å². The summed E-state index contributed by atoms with van der Waals surface area (Å²) in [5, 5.41) is 10.6. The van der Waals surface area contributed by atoms with Gasteiger partial charge in [-0.3, -0.25) is 9.89 Å². The van der Waals surface area contributed by atoms with Crippen LogP contribution >= 0.6 is 0 Å². The van der Waals surface area contributed by atoms with Crippen molar-refractivity contribution in [3.8, 4) is 5.75 Å². The van der Waals surface area contributed by atoms with E-state index >= 15 is 0 Å². The molecule has 2 heterocycles. The summed E-state index contributed by atoms with van der Waals surface area (Å²) < 4.78 is 19.8. The summed E-state index contributed by atoms with van der Waals surface area (Å²) in [5.41, 5.74) is 2.53. The van der Waals surface area contributed by atoms with Gasteiger partial charge in [-0.1, -0.05) is 6.07 Å². The molecule has 0 radical (unpaired) electrons. The van der Waals surface area contributed by atoms with Crippen molar-refractivity contribution < 1.29 is 13.9 Å². The molecular weight excluding hydrogens is 347 g/mol. The Morgan fingerprint density at radius 2 is 2.22 bits per heavy atom. The number of carbonyl (C=O) groups excluding carboxylic acids is 1. The number of rotatable bonds is 6. The first kappa shape index (κ1) is 17.5. The van der Waals surface area contributed by atoms with Gasteiger partial charge in [0.25, 0.3) is 5.91 Å². The van der Waals surface area contributed by atoms with Crippen LogP contribution < -0.4 is 10.1 Å². The van der Waals surface area contributed by atoms with Gasteiger partial charge < -0.3 is 10.1 Å². The highest BCUT2D eigenvalue weighted by molar-refractivity contribution is 5.97. The van der Waals surface area contributed by atoms with E-state index in [1.165, 1.54) is 12.3 Å². The Kier molecular flexibility index (Phi) is 4.51. The smallest absolute Gasteiger partial charge is 0.253 e. The number of aromatic nitrogens is 3. The fraction of sp³-hybridized carbons (Fsp3) is 0.350. The third-order valence-electron chi connectivity index (χ3n) is 4.84. The van der Waals surface area contributed by atoms with E-state index in [4.69, 9.17) is 4.74 Å². The Balaban J connectivity index is 1.45. The van der Waals surface area contributed by atoms with Crippen LogP contribution in [0.4, 0.5) is 4.39 Å². The first-order valence-corrected chi connectivity index (χ1v) is 9.05. The molecule has 3 aromatic rings. The van der Waals surface area contributed by atoms with Gasteiger partial charge in [0.1, 0.15) is 0 Å². The zero-order valence-electron chi connectivity index (χ0n) is 15.3. The lowest BCUT2D eigenvalue weighted by molar-refractivity contribution is 0.0939. The average Bonchev–Trinajstić information content (AvgIpc) is 3.42. The van der Waals surface area contributed by atoms with Crippen LogP contribution in [0, 0.1) is 18.7 Å². The molecule has 1 saturated carbocycles. The van der Waals surface area contributed by atoms with E-state index in [9.17, 15) is 9.18 Å². The molecule has 140 valence electrons. The van der Waals surface area contributed by atoms with Crippen LogP contribution in [0.25, 0.3) is 11.0 Å². The number of nitrogens with zero attached hydrogens (tertiary/aromatic N) is 2. The summed E-state index contributed by atoms with van der Waals surface area (Å²) in [6.45, 7) is 4.24. The predicted molar refractivity (Wildman–Crippen MR) is 99.1 cm³/mol. The number of aromatic amines is 1. The summed E-state index contributed by atoms with van der Waals surface area (Å²) in [4.78, 5) is 16.7. The second-order valence-electron chi connectivity index (χ2n) is 7.08. The fourth-order valence-corrected chi connectivity index (χ4v) is 2.90. The molecule has 1 aromatic carbocycles. The van der Waals surface area contributed by atoms with Gasteiger partial charge >= 0.3 is 0 Å². The van der Waals surface area contributed by atoms with E-state index in [-0.39, 0.29) is 17.7 Å². The van der Waals surface area contributed by atoms with Gasteiger partial charge in [0, 0.05) is 17.3 Å². The van der Waals surface area contributed by atoms with Crippen LogP contribution in [0.2, 0.25) is 0 Å². The SMILES string of the molecule is Cc1[nH]nc2ncc(C(=O)NC(C)c3ccc(OCC4CC4)c(F)c3)cc12. The molecule has 0 bridgehead atoms. The molecule has 2 N–H and O–H groups in total. The molecule has 0 spiro atoms. The molecule has 1 aliphatic carbocycles. The third-order valence-corrected chi connectivity index (χ3v) is 4.84. The Morgan fingerprint density at radius 1 is 1.41 bits per heavy atom. The molecule has 4 rings (SSSR count). The topological polar surface area (TPSA) is 79.9 Å². The Morgan fingerprint density at radius 3 is 2.96 bits per heavy atom. The third kappa shape index (κ3) is 3.77. The van der Waals surface area contributed by atoms with E-state index in [1.807, 2.05) is 13.8 Å². The van der Waals surface area contributed by atoms with Crippen molar-refractivity contribution in [2.24, 2.45) is 5.92 Å². The van der Waals surface area contributed by atoms with Gasteiger partial charge in [-0.25, -0.2) is 9.37 Å². The lowest BCUT2D eigenvalue weighted by Gasteiger charge is -2.15.